The first-order valence-electron chi connectivity index (χ1n) is 7.21. The number of nitrogens with zero attached hydrogens (tertiary/aromatic N) is 2. The molecular formula is C16H23N3O2. The van der Waals surface area contributed by atoms with Crippen molar-refractivity contribution in [1.82, 2.24) is 9.78 Å². The predicted octanol–water partition coefficient (Wildman–Crippen LogP) is 3.48. The molecular weight excluding hydrogens is 266 g/mol. The van der Waals surface area contributed by atoms with Crippen LogP contribution in [0.25, 0.3) is 0 Å². The zero-order valence-electron chi connectivity index (χ0n) is 13.1. The van der Waals surface area contributed by atoms with E-state index in [0.29, 0.717) is 19.2 Å². The van der Waals surface area contributed by atoms with Crippen LogP contribution in [0.3, 0.4) is 0 Å². The van der Waals surface area contributed by atoms with Gasteiger partial charge in [-0.3, -0.25) is 4.68 Å². The Morgan fingerprint density at radius 1 is 1.29 bits per heavy atom. The van der Waals surface area contributed by atoms with Crippen molar-refractivity contribution in [3.05, 3.63) is 36.2 Å². The van der Waals surface area contributed by atoms with Crippen LogP contribution in [-0.4, -0.2) is 23.5 Å². The van der Waals surface area contributed by atoms with Crippen LogP contribution in [0.4, 0.5) is 5.69 Å². The van der Waals surface area contributed by atoms with Crippen LogP contribution in [0.1, 0.15) is 32.4 Å². The highest BCUT2D eigenvalue weighted by Crippen LogP contribution is 2.28. The molecule has 0 fully saturated rings. The quantitative estimate of drug-likeness (QED) is 0.847. The number of rotatable bonds is 7. The van der Waals surface area contributed by atoms with E-state index in [4.69, 9.17) is 9.47 Å². The average Bonchev–Trinajstić information content (AvgIpc) is 2.95. The van der Waals surface area contributed by atoms with Crippen molar-refractivity contribution in [2.45, 2.75) is 33.4 Å². The second kappa shape index (κ2) is 7.02. The van der Waals surface area contributed by atoms with Crippen LogP contribution in [0.15, 0.2) is 30.6 Å². The minimum absolute atomic E-state index is 0.367. The van der Waals surface area contributed by atoms with E-state index < -0.39 is 0 Å². The molecule has 0 amide bonds. The van der Waals surface area contributed by atoms with E-state index in [1.807, 2.05) is 42.2 Å². The molecule has 1 heterocycles. The largest absolute Gasteiger partial charge is 0.493 e. The molecule has 114 valence electrons. The third kappa shape index (κ3) is 3.90. The molecule has 1 N–H and O–H groups in total. The van der Waals surface area contributed by atoms with Gasteiger partial charge in [-0.2, -0.15) is 5.10 Å². The fourth-order valence-electron chi connectivity index (χ4n) is 2.02. The maximum Gasteiger partial charge on any atom is 0.161 e. The number of ether oxygens (including phenoxy) is 2. The molecule has 5 heteroatoms. The first-order valence-corrected chi connectivity index (χ1v) is 7.21. The fourth-order valence-corrected chi connectivity index (χ4v) is 2.02. The summed E-state index contributed by atoms with van der Waals surface area (Å²) in [7, 11) is 1.65. The third-order valence-corrected chi connectivity index (χ3v) is 3.16. The minimum Gasteiger partial charge on any atom is -0.493 e. The molecule has 1 aromatic carbocycles. The summed E-state index contributed by atoms with van der Waals surface area (Å²) in [6.07, 6.45) is 3.85. The number of nitrogens with one attached hydrogen (secondary N) is 1. The molecule has 2 aromatic rings. The van der Waals surface area contributed by atoms with Crippen molar-refractivity contribution < 1.29 is 9.47 Å². The summed E-state index contributed by atoms with van der Waals surface area (Å²) in [6, 6.07) is 6.33. The Morgan fingerprint density at radius 3 is 2.71 bits per heavy atom. The van der Waals surface area contributed by atoms with Crippen LogP contribution in [0.5, 0.6) is 11.5 Å². The monoisotopic (exact) mass is 289 g/mol. The molecule has 0 spiro atoms. The van der Waals surface area contributed by atoms with Gasteiger partial charge >= 0.3 is 0 Å². The van der Waals surface area contributed by atoms with Gasteiger partial charge in [0.25, 0.3) is 0 Å². The van der Waals surface area contributed by atoms with E-state index in [-0.39, 0.29) is 0 Å². The molecule has 0 aliphatic rings. The van der Waals surface area contributed by atoms with Gasteiger partial charge in [-0.15, -0.1) is 0 Å². The first kappa shape index (κ1) is 15.2. The van der Waals surface area contributed by atoms with Crippen molar-refractivity contribution >= 4 is 5.69 Å². The third-order valence-electron chi connectivity index (χ3n) is 3.16. The van der Waals surface area contributed by atoms with Gasteiger partial charge in [-0.25, -0.2) is 0 Å². The Kier molecular flexibility index (Phi) is 5.09. The average molecular weight is 289 g/mol. The minimum atomic E-state index is 0.367. The molecule has 5 nitrogen and oxygen atoms in total. The fraction of sp³-hybridized carbons (Fsp3) is 0.438. The Morgan fingerprint density at radius 2 is 2.10 bits per heavy atom. The summed E-state index contributed by atoms with van der Waals surface area (Å²) in [5.41, 5.74) is 2.15. The molecule has 0 aliphatic carbocycles. The Bertz CT molecular complexity index is 579. The van der Waals surface area contributed by atoms with Crippen molar-refractivity contribution in [2.75, 3.05) is 19.0 Å². The van der Waals surface area contributed by atoms with Crippen molar-refractivity contribution in [3.63, 3.8) is 0 Å². The molecule has 21 heavy (non-hydrogen) atoms. The number of benzene rings is 1. The summed E-state index contributed by atoms with van der Waals surface area (Å²) in [5.74, 6) is 1.53. The summed E-state index contributed by atoms with van der Waals surface area (Å²) in [6.45, 7) is 7.51. The highest BCUT2D eigenvalue weighted by molar-refractivity contribution is 5.45. The maximum atomic E-state index is 5.59. The van der Waals surface area contributed by atoms with E-state index in [1.165, 1.54) is 0 Å². The molecule has 0 bridgehead atoms. The summed E-state index contributed by atoms with van der Waals surface area (Å²) >= 11 is 0. The summed E-state index contributed by atoms with van der Waals surface area (Å²) in [5, 5.41) is 7.68. The summed E-state index contributed by atoms with van der Waals surface area (Å²) in [4.78, 5) is 0. The number of anilines is 1. The Balaban J connectivity index is 2.03. The Hall–Kier alpha value is -2.17. The second-order valence-corrected chi connectivity index (χ2v) is 5.07. The van der Waals surface area contributed by atoms with Crippen LogP contribution >= 0.6 is 0 Å². The summed E-state index contributed by atoms with van der Waals surface area (Å²) < 4.78 is 12.8. The van der Waals surface area contributed by atoms with Gasteiger partial charge in [0, 0.05) is 18.8 Å². The molecule has 1 aromatic heterocycles. The maximum absolute atomic E-state index is 5.59. The van der Waals surface area contributed by atoms with Crippen molar-refractivity contribution in [2.24, 2.45) is 0 Å². The lowest BCUT2D eigenvalue weighted by molar-refractivity contribution is 0.310. The smallest absolute Gasteiger partial charge is 0.161 e. The van der Waals surface area contributed by atoms with Gasteiger partial charge in [0.2, 0.25) is 0 Å². The lowest BCUT2D eigenvalue weighted by Crippen LogP contribution is -2.02. The van der Waals surface area contributed by atoms with E-state index in [9.17, 15) is 0 Å². The normalized spacial score (nSPS) is 10.7. The van der Waals surface area contributed by atoms with E-state index in [1.54, 1.807) is 7.11 Å². The number of hydrogen-bond acceptors (Lipinski definition) is 4. The van der Waals surface area contributed by atoms with Gasteiger partial charge in [0.05, 0.1) is 25.6 Å². The molecule has 0 unspecified atom stereocenters. The van der Waals surface area contributed by atoms with Crippen LogP contribution in [0.2, 0.25) is 0 Å². The van der Waals surface area contributed by atoms with Gasteiger partial charge in [0.15, 0.2) is 11.5 Å². The predicted molar refractivity (Wildman–Crippen MR) is 84.1 cm³/mol. The molecule has 0 saturated carbocycles. The van der Waals surface area contributed by atoms with Crippen LogP contribution < -0.4 is 14.8 Å². The van der Waals surface area contributed by atoms with Crippen LogP contribution in [0, 0.1) is 0 Å². The van der Waals surface area contributed by atoms with E-state index in [2.05, 4.69) is 24.3 Å². The van der Waals surface area contributed by atoms with Crippen LogP contribution in [-0.2, 0) is 6.54 Å². The van der Waals surface area contributed by atoms with E-state index >= 15 is 0 Å². The van der Waals surface area contributed by atoms with Gasteiger partial charge in [-0.1, -0.05) is 6.07 Å². The van der Waals surface area contributed by atoms with Crippen molar-refractivity contribution in [1.29, 1.82) is 0 Å². The lowest BCUT2D eigenvalue weighted by atomic mass is 10.2. The Labute approximate surface area is 125 Å². The molecule has 0 atom stereocenters. The standard InChI is InChI=1S/C16H23N3O2/c1-5-21-16-8-13(6-7-15(16)20-4)9-17-14-10-18-19(11-14)12(2)3/h6-8,10-12,17H,5,9H2,1-4H3. The lowest BCUT2D eigenvalue weighted by Gasteiger charge is -2.11. The molecule has 0 saturated heterocycles. The number of hydrogen-bond donors (Lipinski definition) is 1. The first-order chi connectivity index (χ1) is 10.1. The van der Waals surface area contributed by atoms with Gasteiger partial charge in [-0.05, 0) is 38.5 Å². The van der Waals surface area contributed by atoms with Gasteiger partial charge < -0.3 is 14.8 Å². The zero-order valence-corrected chi connectivity index (χ0v) is 13.1. The second-order valence-electron chi connectivity index (χ2n) is 5.07. The topological polar surface area (TPSA) is 48.3 Å². The molecule has 0 radical (unpaired) electrons. The van der Waals surface area contributed by atoms with Gasteiger partial charge in [0.1, 0.15) is 0 Å². The molecule has 0 aliphatic heterocycles. The van der Waals surface area contributed by atoms with Crippen molar-refractivity contribution in [3.8, 4) is 11.5 Å². The van der Waals surface area contributed by atoms with E-state index in [0.717, 1.165) is 22.7 Å². The highest BCUT2D eigenvalue weighted by Gasteiger charge is 2.06. The highest BCUT2D eigenvalue weighted by atomic mass is 16.5. The SMILES string of the molecule is CCOc1cc(CNc2cnn(C(C)C)c2)ccc1OC. The number of aromatic nitrogens is 2. The zero-order chi connectivity index (χ0) is 15.2. The molecule has 2 rings (SSSR count). The number of methoxy groups -OCH3 is 1.